The summed E-state index contributed by atoms with van der Waals surface area (Å²) in [6.07, 6.45) is 7.71. The Balaban J connectivity index is 1.82. The van der Waals surface area contributed by atoms with Crippen LogP contribution in [0.3, 0.4) is 0 Å². The number of unbranched alkanes of at least 4 members (excludes halogenated alkanes) is 2. The van der Waals surface area contributed by atoms with Gasteiger partial charge >= 0.3 is 0 Å². The topological polar surface area (TPSA) is 26.3 Å². The minimum absolute atomic E-state index is 0.178. The van der Waals surface area contributed by atoms with E-state index in [-0.39, 0.29) is 6.10 Å². The summed E-state index contributed by atoms with van der Waals surface area (Å²) in [7, 11) is 0. The highest BCUT2D eigenvalue weighted by Crippen LogP contribution is 2.32. The Hall–Kier alpha value is -0.860. The third-order valence-corrected chi connectivity index (χ3v) is 4.31. The van der Waals surface area contributed by atoms with Gasteiger partial charge in [0.2, 0.25) is 0 Å². The summed E-state index contributed by atoms with van der Waals surface area (Å²) in [5.41, 5.74) is 1.70. The van der Waals surface area contributed by atoms with Crippen LogP contribution in [-0.4, -0.2) is 11.8 Å². The van der Waals surface area contributed by atoms with Crippen molar-refractivity contribution < 1.29 is 9.53 Å². The largest absolute Gasteiger partial charge is 0.373 e. The van der Waals surface area contributed by atoms with Crippen LogP contribution in [0.25, 0.3) is 0 Å². The molecule has 1 heterocycles. The molecule has 0 aliphatic carbocycles. The van der Waals surface area contributed by atoms with Gasteiger partial charge in [-0.25, -0.2) is 0 Å². The monoisotopic (exact) mass is 294 g/mol. The first kappa shape index (κ1) is 15.5. The van der Waals surface area contributed by atoms with Gasteiger partial charge in [-0.2, -0.15) is 0 Å². The summed E-state index contributed by atoms with van der Waals surface area (Å²) in [6.45, 7) is 3.10. The first-order chi connectivity index (χ1) is 9.70. The van der Waals surface area contributed by atoms with Crippen LogP contribution in [0.2, 0.25) is 0 Å². The molecule has 2 atom stereocenters. The van der Waals surface area contributed by atoms with Gasteiger partial charge < -0.3 is 4.74 Å². The van der Waals surface area contributed by atoms with Crippen LogP contribution in [0.15, 0.2) is 24.3 Å². The lowest BCUT2D eigenvalue weighted by Crippen LogP contribution is -2.20. The predicted molar refractivity (Wildman–Crippen MR) is 82.2 cm³/mol. The number of hydrogen-bond donors (Lipinski definition) is 0. The van der Waals surface area contributed by atoms with Crippen molar-refractivity contribution in [3.8, 4) is 0 Å². The lowest BCUT2D eigenvalue weighted by atomic mass is 9.91. The van der Waals surface area contributed by atoms with Crippen molar-refractivity contribution in [2.75, 3.05) is 6.61 Å². The molecule has 2 rings (SSSR count). The summed E-state index contributed by atoms with van der Waals surface area (Å²) >= 11 is 5.45. The molecule has 1 aromatic rings. The van der Waals surface area contributed by atoms with Crippen LogP contribution in [0.5, 0.6) is 0 Å². The quantitative estimate of drug-likeness (QED) is 0.538. The minimum atomic E-state index is -0.405. The maximum absolute atomic E-state index is 11.0. The Morgan fingerprint density at radius 1 is 1.25 bits per heavy atom. The van der Waals surface area contributed by atoms with Crippen LogP contribution >= 0.6 is 11.6 Å². The van der Waals surface area contributed by atoms with Gasteiger partial charge in [0, 0.05) is 5.56 Å². The SMILES string of the molecule is CCCCCC1CCC(c2ccc(C(=O)Cl)cc2)OC1. The molecule has 2 unspecified atom stereocenters. The van der Waals surface area contributed by atoms with Gasteiger partial charge in [0.25, 0.3) is 5.24 Å². The number of carbonyl (C=O) groups is 1. The molecule has 1 aliphatic rings. The third kappa shape index (κ3) is 4.32. The lowest BCUT2D eigenvalue weighted by Gasteiger charge is -2.29. The van der Waals surface area contributed by atoms with E-state index in [0.29, 0.717) is 5.56 Å². The summed E-state index contributed by atoms with van der Waals surface area (Å²) < 4.78 is 5.99. The molecular formula is C17H23ClO2. The molecule has 0 bridgehead atoms. The molecule has 0 aromatic heterocycles. The zero-order chi connectivity index (χ0) is 14.4. The minimum Gasteiger partial charge on any atom is -0.373 e. The van der Waals surface area contributed by atoms with E-state index in [0.717, 1.165) is 24.5 Å². The van der Waals surface area contributed by atoms with Crippen LogP contribution in [0.4, 0.5) is 0 Å². The van der Waals surface area contributed by atoms with E-state index in [4.69, 9.17) is 16.3 Å². The number of hydrogen-bond acceptors (Lipinski definition) is 2. The molecule has 1 aromatic carbocycles. The highest BCUT2D eigenvalue weighted by molar-refractivity contribution is 6.67. The summed E-state index contributed by atoms with van der Waals surface area (Å²) in [5, 5.41) is -0.405. The van der Waals surface area contributed by atoms with Crippen molar-refractivity contribution in [1.29, 1.82) is 0 Å². The van der Waals surface area contributed by atoms with Gasteiger partial charge in [-0.3, -0.25) is 4.79 Å². The van der Waals surface area contributed by atoms with E-state index in [9.17, 15) is 4.79 Å². The van der Waals surface area contributed by atoms with Gasteiger partial charge in [-0.05, 0) is 54.5 Å². The fraction of sp³-hybridized carbons (Fsp3) is 0.588. The second-order valence-corrected chi connectivity index (χ2v) is 6.00. The highest BCUT2D eigenvalue weighted by Gasteiger charge is 2.22. The fourth-order valence-electron chi connectivity index (χ4n) is 2.81. The van der Waals surface area contributed by atoms with Gasteiger partial charge in [0.15, 0.2) is 0 Å². The maximum Gasteiger partial charge on any atom is 0.252 e. The van der Waals surface area contributed by atoms with Crippen molar-refractivity contribution in [1.82, 2.24) is 0 Å². The zero-order valence-corrected chi connectivity index (χ0v) is 12.9. The highest BCUT2D eigenvalue weighted by atomic mass is 35.5. The fourth-order valence-corrected chi connectivity index (χ4v) is 2.93. The first-order valence-corrected chi connectivity index (χ1v) is 8.00. The molecular weight excluding hydrogens is 272 g/mol. The number of ether oxygens (including phenoxy) is 1. The van der Waals surface area contributed by atoms with Gasteiger partial charge in [-0.15, -0.1) is 0 Å². The molecule has 110 valence electrons. The van der Waals surface area contributed by atoms with Gasteiger partial charge in [-0.1, -0.05) is 38.3 Å². The Morgan fingerprint density at radius 2 is 2.00 bits per heavy atom. The van der Waals surface area contributed by atoms with Crippen LogP contribution in [0.1, 0.15) is 67.5 Å². The van der Waals surface area contributed by atoms with Crippen molar-refractivity contribution >= 4 is 16.8 Å². The van der Waals surface area contributed by atoms with E-state index in [2.05, 4.69) is 6.92 Å². The second-order valence-electron chi connectivity index (χ2n) is 5.66. The molecule has 1 saturated heterocycles. The maximum atomic E-state index is 11.0. The molecule has 1 fully saturated rings. The molecule has 20 heavy (non-hydrogen) atoms. The van der Waals surface area contributed by atoms with E-state index in [1.165, 1.54) is 32.1 Å². The Bertz CT molecular complexity index is 419. The van der Waals surface area contributed by atoms with Gasteiger partial charge in [0.1, 0.15) is 0 Å². The van der Waals surface area contributed by atoms with Crippen LogP contribution in [-0.2, 0) is 4.74 Å². The van der Waals surface area contributed by atoms with Crippen molar-refractivity contribution in [2.45, 2.75) is 51.6 Å². The summed E-state index contributed by atoms with van der Waals surface area (Å²) in [6, 6.07) is 7.47. The molecule has 2 nitrogen and oxygen atoms in total. The predicted octanol–water partition coefficient (Wildman–Crippen LogP) is 5.11. The molecule has 0 spiro atoms. The first-order valence-electron chi connectivity index (χ1n) is 7.62. The summed E-state index contributed by atoms with van der Waals surface area (Å²) in [4.78, 5) is 11.0. The molecule has 0 saturated carbocycles. The number of carbonyl (C=O) groups excluding carboxylic acids is 1. The van der Waals surface area contributed by atoms with E-state index < -0.39 is 5.24 Å². The van der Waals surface area contributed by atoms with Crippen molar-refractivity contribution in [2.24, 2.45) is 5.92 Å². The molecule has 0 radical (unpaired) electrons. The second kappa shape index (κ2) is 7.80. The third-order valence-electron chi connectivity index (χ3n) is 4.10. The van der Waals surface area contributed by atoms with E-state index in [1.54, 1.807) is 12.1 Å². The van der Waals surface area contributed by atoms with Crippen LogP contribution < -0.4 is 0 Å². The molecule has 1 aliphatic heterocycles. The standard InChI is InChI=1S/C17H23ClO2/c1-2-3-4-5-13-6-11-16(20-12-13)14-7-9-15(10-8-14)17(18)19/h7-10,13,16H,2-6,11-12H2,1H3. The summed E-state index contributed by atoms with van der Waals surface area (Å²) in [5.74, 6) is 0.724. The lowest BCUT2D eigenvalue weighted by molar-refractivity contribution is -0.0198. The van der Waals surface area contributed by atoms with E-state index in [1.807, 2.05) is 12.1 Å². The van der Waals surface area contributed by atoms with Crippen molar-refractivity contribution in [3.63, 3.8) is 0 Å². The zero-order valence-electron chi connectivity index (χ0n) is 12.1. The Labute approximate surface area is 126 Å². The van der Waals surface area contributed by atoms with Crippen molar-refractivity contribution in [3.05, 3.63) is 35.4 Å². The average Bonchev–Trinajstić information content (AvgIpc) is 2.48. The molecule has 0 amide bonds. The Morgan fingerprint density at radius 3 is 2.55 bits per heavy atom. The number of halogens is 1. The number of rotatable bonds is 6. The normalized spacial score (nSPS) is 22.7. The number of benzene rings is 1. The molecule has 0 N–H and O–H groups in total. The average molecular weight is 295 g/mol. The van der Waals surface area contributed by atoms with Crippen LogP contribution in [0, 0.1) is 5.92 Å². The Kier molecular flexibility index (Phi) is 6.06. The van der Waals surface area contributed by atoms with Gasteiger partial charge in [0.05, 0.1) is 12.7 Å². The van der Waals surface area contributed by atoms with E-state index >= 15 is 0 Å². The molecule has 3 heteroatoms. The smallest absolute Gasteiger partial charge is 0.252 e.